The van der Waals surface area contributed by atoms with Crippen LogP contribution in [0.25, 0.3) is 22.0 Å². The number of carbonyl (C=O) groups is 2. The molecule has 3 heterocycles. The van der Waals surface area contributed by atoms with Crippen LogP contribution >= 0.6 is 11.3 Å². The summed E-state index contributed by atoms with van der Waals surface area (Å²) in [6, 6.07) is 5.49. The molecule has 0 aliphatic heterocycles. The van der Waals surface area contributed by atoms with Gasteiger partial charge < -0.3 is 15.2 Å². The fourth-order valence-electron chi connectivity index (χ4n) is 3.28. The molecule has 4 aromatic rings. The highest BCUT2D eigenvalue weighted by Gasteiger charge is 2.17. The van der Waals surface area contributed by atoms with Gasteiger partial charge in [0.2, 0.25) is 5.88 Å². The van der Waals surface area contributed by atoms with Crippen LogP contribution in [-0.2, 0) is 11.2 Å². The number of aliphatic hydroxyl groups is 1. The minimum absolute atomic E-state index is 0.0131. The van der Waals surface area contributed by atoms with Gasteiger partial charge in [-0.2, -0.15) is 5.10 Å². The van der Waals surface area contributed by atoms with Crippen molar-refractivity contribution in [2.24, 2.45) is 0 Å². The van der Waals surface area contributed by atoms with Crippen molar-refractivity contribution >= 4 is 39.6 Å². The van der Waals surface area contributed by atoms with E-state index in [1.165, 1.54) is 25.4 Å². The smallest absolute Gasteiger partial charge is 0.275 e. The zero-order chi connectivity index (χ0) is 22.8. The summed E-state index contributed by atoms with van der Waals surface area (Å²) >= 11 is 1.40. The van der Waals surface area contributed by atoms with Crippen molar-refractivity contribution < 1.29 is 19.4 Å². The van der Waals surface area contributed by atoms with Crippen molar-refractivity contribution in [2.45, 2.75) is 26.4 Å². The number of hydrogen-bond acceptors (Lipinski definition) is 8. The molecule has 0 saturated carbocycles. The average Bonchev–Trinajstić information content (AvgIpc) is 3.42. The van der Waals surface area contributed by atoms with Gasteiger partial charge in [0.15, 0.2) is 5.78 Å². The quantitative estimate of drug-likeness (QED) is 0.393. The van der Waals surface area contributed by atoms with Crippen LogP contribution in [0.2, 0.25) is 0 Å². The van der Waals surface area contributed by atoms with Gasteiger partial charge in [-0.1, -0.05) is 0 Å². The number of rotatable bonds is 7. The average molecular weight is 452 g/mol. The summed E-state index contributed by atoms with van der Waals surface area (Å²) in [6.45, 7) is 3.27. The Balaban J connectivity index is 1.73. The number of ether oxygens (including phenoxy) is 1. The number of methoxy groups -OCH3 is 1. The Morgan fingerprint density at radius 1 is 1.25 bits per heavy atom. The van der Waals surface area contributed by atoms with E-state index in [-0.39, 0.29) is 18.1 Å². The largest absolute Gasteiger partial charge is 0.481 e. The number of nitrogens with one attached hydrogen (secondary N) is 2. The van der Waals surface area contributed by atoms with Crippen LogP contribution in [0.5, 0.6) is 5.88 Å². The molecule has 164 valence electrons. The van der Waals surface area contributed by atoms with E-state index in [0.717, 1.165) is 27.0 Å². The Kier molecular flexibility index (Phi) is 5.97. The van der Waals surface area contributed by atoms with Crippen LogP contribution in [0, 0.1) is 6.92 Å². The van der Waals surface area contributed by atoms with Crippen LogP contribution < -0.4 is 10.1 Å². The number of pyridine rings is 1. The highest BCUT2D eigenvalue weighted by molar-refractivity contribution is 7.09. The van der Waals surface area contributed by atoms with Crippen LogP contribution in [0.4, 0.5) is 5.69 Å². The summed E-state index contributed by atoms with van der Waals surface area (Å²) in [6.07, 6.45) is 2.17. The molecule has 1 atom stereocenters. The number of fused-ring (bicyclic) bond motifs is 1. The summed E-state index contributed by atoms with van der Waals surface area (Å²) in [5, 5.41) is 22.8. The van der Waals surface area contributed by atoms with Gasteiger partial charge in [0.05, 0.1) is 29.5 Å². The van der Waals surface area contributed by atoms with Crippen LogP contribution in [0.15, 0.2) is 36.0 Å². The Morgan fingerprint density at radius 3 is 2.75 bits per heavy atom. The maximum atomic E-state index is 12.7. The predicted molar refractivity (Wildman–Crippen MR) is 121 cm³/mol. The van der Waals surface area contributed by atoms with Crippen LogP contribution in [-0.4, -0.2) is 50.2 Å². The van der Waals surface area contributed by atoms with Crippen molar-refractivity contribution in [2.75, 3.05) is 12.4 Å². The number of ketones is 1. The molecule has 0 fully saturated rings. The molecule has 32 heavy (non-hydrogen) atoms. The molecule has 0 bridgehead atoms. The molecule has 3 aromatic heterocycles. The number of Topliss-reactive ketones (excluding diaryl/α,β-unsaturated/α-hetero) is 1. The molecule has 1 unspecified atom stereocenters. The Hall–Kier alpha value is -3.63. The lowest BCUT2D eigenvalue weighted by Crippen LogP contribution is -2.18. The number of anilines is 1. The second kappa shape index (κ2) is 8.85. The summed E-state index contributed by atoms with van der Waals surface area (Å²) in [7, 11) is 1.48. The van der Waals surface area contributed by atoms with E-state index in [0.29, 0.717) is 22.8 Å². The van der Waals surface area contributed by atoms with Crippen molar-refractivity contribution in [3.05, 3.63) is 52.2 Å². The summed E-state index contributed by atoms with van der Waals surface area (Å²) in [5.41, 5.74) is 3.68. The third-order valence-electron chi connectivity index (χ3n) is 4.94. The fraction of sp³-hybridized carbons (Fsp3) is 0.227. The van der Waals surface area contributed by atoms with Gasteiger partial charge in [0, 0.05) is 34.5 Å². The molecule has 9 nitrogen and oxygen atoms in total. The summed E-state index contributed by atoms with van der Waals surface area (Å²) < 4.78 is 5.28. The monoisotopic (exact) mass is 451 g/mol. The highest BCUT2D eigenvalue weighted by Crippen LogP contribution is 2.32. The Bertz CT molecular complexity index is 1310. The van der Waals surface area contributed by atoms with E-state index < -0.39 is 6.10 Å². The van der Waals surface area contributed by atoms with E-state index in [1.807, 2.05) is 19.1 Å². The number of benzene rings is 1. The SMILES string of the molecule is COc1ncc(-c2cc(NC(=O)c3csc(C)n3)c3cn[nH]c3c2)cc1CC(=O)C(C)O. The van der Waals surface area contributed by atoms with Gasteiger partial charge in [0.1, 0.15) is 11.8 Å². The topological polar surface area (TPSA) is 130 Å². The van der Waals surface area contributed by atoms with Crippen molar-refractivity contribution in [3.8, 4) is 17.0 Å². The molecular weight excluding hydrogens is 430 g/mol. The normalized spacial score (nSPS) is 12.0. The van der Waals surface area contributed by atoms with Crippen LogP contribution in [0.1, 0.15) is 28.0 Å². The lowest BCUT2D eigenvalue weighted by molar-refractivity contribution is -0.125. The van der Waals surface area contributed by atoms with Gasteiger partial charge >= 0.3 is 0 Å². The van der Waals surface area contributed by atoms with Crippen molar-refractivity contribution in [1.29, 1.82) is 0 Å². The molecule has 3 N–H and O–H groups in total. The fourth-order valence-corrected chi connectivity index (χ4v) is 3.87. The molecule has 0 aliphatic rings. The number of aryl methyl sites for hydroxylation is 1. The number of amides is 1. The van der Waals surface area contributed by atoms with E-state index in [2.05, 4.69) is 25.5 Å². The zero-order valence-electron chi connectivity index (χ0n) is 17.7. The Labute approximate surface area is 187 Å². The first-order valence-electron chi connectivity index (χ1n) is 9.80. The molecule has 0 radical (unpaired) electrons. The first kappa shape index (κ1) is 21.6. The number of thiazole rings is 1. The standard InChI is InChI=1S/C22H21N5O4S/c1-11(28)20(29)7-14-4-15(8-23-22(14)31-3)13-5-17(16-9-24-27-18(16)6-13)26-21(30)19-10-32-12(2)25-19/h4-6,8-11,28H,7H2,1-3H3,(H,24,27)(H,26,30). The molecular formula is C22H21N5O4S. The third-order valence-corrected chi connectivity index (χ3v) is 5.71. The number of carbonyl (C=O) groups excluding carboxylic acids is 2. The minimum atomic E-state index is -1.08. The number of H-pyrrole nitrogens is 1. The number of aromatic nitrogens is 4. The van der Waals surface area contributed by atoms with E-state index in [9.17, 15) is 14.7 Å². The molecule has 4 rings (SSSR count). The van der Waals surface area contributed by atoms with Crippen molar-refractivity contribution in [1.82, 2.24) is 20.2 Å². The molecule has 0 aliphatic carbocycles. The molecule has 10 heteroatoms. The van der Waals surface area contributed by atoms with Crippen molar-refractivity contribution in [3.63, 3.8) is 0 Å². The molecule has 0 spiro atoms. The lowest BCUT2D eigenvalue weighted by Gasteiger charge is -2.12. The van der Waals surface area contributed by atoms with Crippen LogP contribution in [0.3, 0.4) is 0 Å². The minimum Gasteiger partial charge on any atom is -0.481 e. The molecule has 1 amide bonds. The number of hydrogen-bond donors (Lipinski definition) is 3. The number of aliphatic hydroxyl groups excluding tert-OH is 1. The summed E-state index contributed by atoms with van der Waals surface area (Å²) in [5.74, 6) is -0.333. The zero-order valence-corrected chi connectivity index (χ0v) is 18.5. The Morgan fingerprint density at radius 2 is 2.06 bits per heavy atom. The first-order valence-corrected chi connectivity index (χ1v) is 10.7. The lowest BCUT2D eigenvalue weighted by atomic mass is 10.0. The summed E-state index contributed by atoms with van der Waals surface area (Å²) in [4.78, 5) is 33.3. The van der Waals surface area contributed by atoms with Gasteiger partial charge in [0.25, 0.3) is 5.91 Å². The molecule has 0 saturated heterocycles. The predicted octanol–water partition coefficient (Wildman–Crippen LogP) is 3.14. The highest BCUT2D eigenvalue weighted by atomic mass is 32.1. The first-order chi connectivity index (χ1) is 15.4. The van der Waals surface area contributed by atoms with E-state index in [1.54, 1.807) is 23.8 Å². The maximum absolute atomic E-state index is 12.7. The van der Waals surface area contributed by atoms with E-state index >= 15 is 0 Å². The number of aromatic amines is 1. The van der Waals surface area contributed by atoms with Gasteiger partial charge in [-0.25, -0.2) is 9.97 Å². The van der Waals surface area contributed by atoms with E-state index in [4.69, 9.17) is 4.74 Å². The van der Waals surface area contributed by atoms with Gasteiger partial charge in [-0.3, -0.25) is 14.7 Å². The van der Waals surface area contributed by atoms with Gasteiger partial charge in [-0.15, -0.1) is 11.3 Å². The second-order valence-corrected chi connectivity index (χ2v) is 8.33. The molecule has 1 aromatic carbocycles. The van der Waals surface area contributed by atoms with Gasteiger partial charge in [-0.05, 0) is 37.6 Å². The maximum Gasteiger partial charge on any atom is 0.275 e. The second-order valence-electron chi connectivity index (χ2n) is 7.27. The third kappa shape index (κ3) is 4.36. The number of nitrogens with zero attached hydrogens (tertiary/aromatic N) is 3.